The number of rotatable bonds is 2. The quantitative estimate of drug-likeness (QED) is 0.903. The minimum atomic E-state index is -0.763. The van der Waals surface area contributed by atoms with Crippen LogP contribution in [0.1, 0.15) is 22.5 Å². The van der Waals surface area contributed by atoms with Gasteiger partial charge in [0.2, 0.25) is 0 Å². The van der Waals surface area contributed by atoms with E-state index < -0.39 is 5.54 Å². The summed E-state index contributed by atoms with van der Waals surface area (Å²) in [5, 5.41) is 16.6. The lowest BCUT2D eigenvalue weighted by Crippen LogP contribution is -2.47. The summed E-state index contributed by atoms with van der Waals surface area (Å²) in [5.74, 6) is 1.22. The second-order valence-electron chi connectivity index (χ2n) is 4.80. The van der Waals surface area contributed by atoms with Crippen molar-refractivity contribution in [1.82, 2.24) is 15.5 Å². The normalized spacial score (nSPS) is 21.8. The molecule has 1 atom stereocenters. The second-order valence-corrected chi connectivity index (χ2v) is 5.90. The highest BCUT2D eigenvalue weighted by molar-refractivity contribution is 7.99. The van der Waals surface area contributed by atoms with Crippen molar-refractivity contribution in [3.05, 3.63) is 23.5 Å². The summed E-state index contributed by atoms with van der Waals surface area (Å²) >= 11 is 1.67. The Morgan fingerprint density at radius 2 is 2.50 bits per heavy atom. The Kier molecular flexibility index (Phi) is 3.10. The molecule has 7 heteroatoms. The molecule has 0 saturated carbocycles. The van der Waals surface area contributed by atoms with Crippen LogP contribution in [0.25, 0.3) is 11.1 Å². The van der Waals surface area contributed by atoms with Crippen LogP contribution >= 0.6 is 11.8 Å². The molecule has 1 saturated heterocycles. The third kappa shape index (κ3) is 2.12. The molecule has 1 aliphatic heterocycles. The van der Waals surface area contributed by atoms with Gasteiger partial charge < -0.3 is 9.84 Å². The lowest BCUT2D eigenvalue weighted by molar-refractivity contribution is 0.0926. The summed E-state index contributed by atoms with van der Waals surface area (Å²) in [7, 11) is 0. The molecule has 0 bridgehead atoms. The Morgan fingerprint density at radius 1 is 1.65 bits per heavy atom. The average Bonchev–Trinajstić information content (AvgIpc) is 3.07. The lowest BCUT2D eigenvalue weighted by atomic mass is 10.0. The van der Waals surface area contributed by atoms with Gasteiger partial charge in [0.15, 0.2) is 0 Å². The van der Waals surface area contributed by atoms with Crippen LogP contribution in [0, 0.1) is 18.3 Å². The first kappa shape index (κ1) is 12.9. The maximum absolute atomic E-state index is 12.3. The van der Waals surface area contributed by atoms with E-state index in [1.807, 2.05) is 0 Å². The highest BCUT2D eigenvalue weighted by atomic mass is 32.2. The van der Waals surface area contributed by atoms with Gasteiger partial charge in [-0.25, -0.2) is 4.98 Å². The van der Waals surface area contributed by atoms with Crippen LogP contribution in [0.5, 0.6) is 0 Å². The van der Waals surface area contributed by atoms with Crippen molar-refractivity contribution in [2.75, 3.05) is 11.5 Å². The van der Waals surface area contributed by atoms with E-state index in [1.165, 1.54) is 6.20 Å². The number of carbonyl (C=O) groups is 1. The first-order valence-electron chi connectivity index (χ1n) is 6.17. The van der Waals surface area contributed by atoms with Crippen molar-refractivity contribution >= 4 is 28.8 Å². The van der Waals surface area contributed by atoms with Crippen molar-refractivity contribution in [3.63, 3.8) is 0 Å². The molecule has 0 unspecified atom stereocenters. The third-order valence-corrected chi connectivity index (χ3v) is 4.55. The van der Waals surface area contributed by atoms with Crippen LogP contribution in [0.3, 0.4) is 0 Å². The second kappa shape index (κ2) is 4.80. The van der Waals surface area contributed by atoms with Crippen LogP contribution in [0.2, 0.25) is 0 Å². The molecule has 1 N–H and O–H groups in total. The monoisotopic (exact) mass is 288 g/mol. The number of hydrogen-bond donors (Lipinski definition) is 1. The minimum absolute atomic E-state index is 0.288. The molecule has 0 radical (unpaired) electrons. The molecule has 2 aromatic rings. The van der Waals surface area contributed by atoms with Crippen LogP contribution in [0.15, 0.2) is 16.8 Å². The maximum Gasteiger partial charge on any atom is 0.257 e. The van der Waals surface area contributed by atoms with Crippen molar-refractivity contribution in [2.24, 2.45) is 0 Å². The van der Waals surface area contributed by atoms with Crippen molar-refractivity contribution in [1.29, 1.82) is 5.26 Å². The molecule has 1 amide bonds. The van der Waals surface area contributed by atoms with Gasteiger partial charge in [-0.3, -0.25) is 4.79 Å². The van der Waals surface area contributed by atoms with Crippen LogP contribution in [0.4, 0.5) is 0 Å². The van der Waals surface area contributed by atoms with Crippen LogP contribution in [-0.4, -0.2) is 33.1 Å². The van der Waals surface area contributed by atoms with Gasteiger partial charge in [-0.2, -0.15) is 17.0 Å². The minimum Gasteiger partial charge on any atom is -0.336 e. The number of nitriles is 1. The molecule has 1 aliphatic rings. The Morgan fingerprint density at radius 3 is 3.20 bits per heavy atom. The van der Waals surface area contributed by atoms with Crippen molar-refractivity contribution < 1.29 is 9.32 Å². The Labute approximate surface area is 119 Å². The molecule has 6 nitrogen and oxygen atoms in total. The number of fused-ring (bicyclic) bond motifs is 1. The van der Waals surface area contributed by atoms with Gasteiger partial charge in [-0.15, -0.1) is 0 Å². The predicted octanol–water partition coefficient (Wildman–Crippen LogP) is 1.66. The largest absolute Gasteiger partial charge is 0.336 e. The molecule has 3 rings (SSSR count). The Bertz CT molecular complexity index is 713. The number of hydrogen-bond acceptors (Lipinski definition) is 6. The summed E-state index contributed by atoms with van der Waals surface area (Å²) in [6.45, 7) is 1.79. The number of carbonyl (C=O) groups excluding carboxylic acids is 1. The number of pyridine rings is 1. The molecule has 20 heavy (non-hydrogen) atoms. The Hall–Kier alpha value is -2.07. The molecule has 0 spiro atoms. The van der Waals surface area contributed by atoms with E-state index in [2.05, 4.69) is 21.5 Å². The molecular weight excluding hydrogens is 276 g/mol. The van der Waals surface area contributed by atoms with Gasteiger partial charge in [0.05, 0.1) is 22.7 Å². The fourth-order valence-electron chi connectivity index (χ4n) is 2.14. The predicted molar refractivity (Wildman–Crippen MR) is 74.3 cm³/mol. The van der Waals surface area contributed by atoms with E-state index in [-0.39, 0.29) is 5.91 Å². The van der Waals surface area contributed by atoms with Gasteiger partial charge in [0.1, 0.15) is 5.54 Å². The average molecular weight is 288 g/mol. The lowest BCUT2D eigenvalue weighted by Gasteiger charge is -2.20. The number of nitrogens with one attached hydrogen (secondary N) is 1. The van der Waals surface area contributed by atoms with E-state index in [0.717, 1.165) is 5.75 Å². The topological polar surface area (TPSA) is 91.8 Å². The van der Waals surface area contributed by atoms with Crippen molar-refractivity contribution in [3.8, 4) is 6.07 Å². The van der Waals surface area contributed by atoms with Gasteiger partial charge >= 0.3 is 0 Å². The summed E-state index contributed by atoms with van der Waals surface area (Å²) in [4.78, 5) is 16.3. The van der Waals surface area contributed by atoms with E-state index in [0.29, 0.717) is 34.5 Å². The van der Waals surface area contributed by atoms with Gasteiger partial charge in [-0.1, -0.05) is 5.16 Å². The smallest absolute Gasteiger partial charge is 0.257 e. The Balaban J connectivity index is 1.89. The maximum atomic E-state index is 12.3. The molecule has 0 aromatic carbocycles. The highest BCUT2D eigenvalue weighted by Crippen LogP contribution is 2.27. The van der Waals surface area contributed by atoms with Crippen LogP contribution < -0.4 is 5.32 Å². The zero-order valence-corrected chi connectivity index (χ0v) is 11.7. The molecular formula is C13H12N4O2S. The number of nitrogens with zero attached hydrogens (tertiary/aromatic N) is 3. The number of amides is 1. The molecule has 3 heterocycles. The van der Waals surface area contributed by atoms with E-state index in [9.17, 15) is 10.1 Å². The zero-order valence-electron chi connectivity index (χ0n) is 10.8. The van der Waals surface area contributed by atoms with Crippen LogP contribution in [-0.2, 0) is 0 Å². The first-order valence-corrected chi connectivity index (χ1v) is 7.33. The molecule has 2 aromatic heterocycles. The van der Waals surface area contributed by atoms with E-state index in [4.69, 9.17) is 4.52 Å². The summed E-state index contributed by atoms with van der Waals surface area (Å²) in [6, 6.07) is 3.91. The SMILES string of the molecule is Cc1noc2ncc(C(=O)N[C@]3(C#N)CCSC3)cc12. The number of aryl methyl sites for hydroxylation is 1. The summed E-state index contributed by atoms with van der Waals surface area (Å²) in [6.07, 6.45) is 2.11. The van der Waals surface area contributed by atoms with Gasteiger partial charge in [-0.05, 0) is 25.2 Å². The van der Waals surface area contributed by atoms with E-state index >= 15 is 0 Å². The summed E-state index contributed by atoms with van der Waals surface area (Å²) in [5.41, 5.74) is 0.745. The highest BCUT2D eigenvalue weighted by Gasteiger charge is 2.36. The van der Waals surface area contributed by atoms with E-state index in [1.54, 1.807) is 24.8 Å². The first-order chi connectivity index (χ1) is 9.63. The number of aromatic nitrogens is 2. The summed E-state index contributed by atoms with van der Waals surface area (Å²) < 4.78 is 5.01. The molecule has 1 fully saturated rings. The van der Waals surface area contributed by atoms with Crippen molar-refractivity contribution in [2.45, 2.75) is 18.9 Å². The molecule has 102 valence electrons. The standard InChI is InChI=1S/C13H12N4O2S/c1-8-10-4-9(5-15-12(10)19-17-8)11(18)16-13(6-14)2-3-20-7-13/h4-5H,2-3,7H2,1H3,(H,16,18)/t13-/m0/s1. The third-order valence-electron chi connectivity index (χ3n) is 3.36. The molecule has 0 aliphatic carbocycles. The number of thioether (sulfide) groups is 1. The fraction of sp³-hybridized carbons (Fsp3) is 0.385. The fourth-order valence-corrected chi connectivity index (χ4v) is 3.41. The van der Waals surface area contributed by atoms with Gasteiger partial charge in [0.25, 0.3) is 11.6 Å². The zero-order chi connectivity index (χ0) is 14.2. The van der Waals surface area contributed by atoms with Gasteiger partial charge in [0, 0.05) is 11.9 Å².